The minimum Gasteiger partial charge on any atom is -0.493 e. The van der Waals surface area contributed by atoms with E-state index in [1.54, 1.807) is 13.2 Å². The molecule has 2 N–H and O–H groups in total. The molecular weight excluding hydrogens is 366 g/mol. The number of para-hydroxylation sites is 1. The lowest BCUT2D eigenvalue weighted by Gasteiger charge is -2.26. The maximum Gasteiger partial charge on any atom is 0.257 e. The molecule has 0 bridgehead atoms. The number of rotatable bonds is 6. The van der Waals surface area contributed by atoms with Crippen molar-refractivity contribution in [3.05, 3.63) is 39.7 Å². The first-order valence-corrected chi connectivity index (χ1v) is 9.37. The summed E-state index contributed by atoms with van der Waals surface area (Å²) in [5, 5.41) is 3.06. The summed E-state index contributed by atoms with van der Waals surface area (Å²) in [6.07, 6.45) is 5.37. The predicted molar refractivity (Wildman–Crippen MR) is 104 cm³/mol. The van der Waals surface area contributed by atoms with Crippen LogP contribution in [-0.2, 0) is 4.79 Å². The predicted octanol–water partition coefficient (Wildman–Crippen LogP) is 2.38. The van der Waals surface area contributed by atoms with Crippen LogP contribution in [0.4, 0.5) is 5.82 Å². The molecule has 1 aromatic heterocycles. The number of aromatic amines is 1. The molecule has 27 heavy (non-hydrogen) atoms. The first kappa shape index (κ1) is 18.9. The van der Waals surface area contributed by atoms with Crippen LogP contribution in [0, 0.1) is 12.3 Å². The molecule has 1 amide bonds. The third kappa shape index (κ3) is 3.78. The monoisotopic (exact) mass is 385 g/mol. The summed E-state index contributed by atoms with van der Waals surface area (Å²) in [6, 6.07) is 5.42. The third-order valence-corrected chi connectivity index (χ3v) is 4.89. The lowest BCUT2D eigenvalue weighted by Crippen LogP contribution is -2.31. The summed E-state index contributed by atoms with van der Waals surface area (Å²) in [7, 11) is 1.55. The molecule has 8 heteroatoms. The standard InChI is InChI=1S/C19H19N3O4S/c1-4-9-27-19-21-17-15(18(24)22-19)12(10-14(23)20-17)11-7-6-8-13(25-3)16(11)26-5-2/h1,6-8,12H,5,9-10H2,2-3H3,(H2,20,21,22,23,24)/t12-/m0/s1. The van der Waals surface area contributed by atoms with Crippen LogP contribution in [-0.4, -0.2) is 35.3 Å². The number of methoxy groups -OCH3 is 1. The Morgan fingerprint density at radius 1 is 1.41 bits per heavy atom. The fourth-order valence-corrected chi connectivity index (χ4v) is 3.60. The number of terminal acetylenes is 1. The van der Waals surface area contributed by atoms with Crippen LogP contribution in [0.3, 0.4) is 0 Å². The van der Waals surface area contributed by atoms with Crippen molar-refractivity contribution in [2.75, 3.05) is 24.8 Å². The molecule has 1 atom stereocenters. The molecule has 0 saturated carbocycles. The van der Waals surface area contributed by atoms with E-state index in [-0.39, 0.29) is 23.7 Å². The van der Waals surface area contributed by atoms with Gasteiger partial charge in [0.05, 0.1) is 25.0 Å². The highest BCUT2D eigenvalue weighted by molar-refractivity contribution is 7.99. The van der Waals surface area contributed by atoms with Crippen molar-refractivity contribution in [2.24, 2.45) is 0 Å². The minimum atomic E-state index is -0.492. The number of hydrogen-bond donors (Lipinski definition) is 2. The number of ether oxygens (including phenoxy) is 2. The largest absolute Gasteiger partial charge is 0.493 e. The molecule has 2 aromatic rings. The van der Waals surface area contributed by atoms with E-state index in [1.165, 1.54) is 11.8 Å². The minimum absolute atomic E-state index is 0.113. The van der Waals surface area contributed by atoms with Crippen molar-refractivity contribution in [2.45, 2.75) is 24.4 Å². The molecule has 1 aromatic carbocycles. The van der Waals surface area contributed by atoms with Crippen LogP contribution in [0.1, 0.15) is 30.4 Å². The van der Waals surface area contributed by atoms with Gasteiger partial charge in [-0.1, -0.05) is 29.8 Å². The molecule has 0 fully saturated rings. The van der Waals surface area contributed by atoms with Crippen molar-refractivity contribution in [1.82, 2.24) is 9.97 Å². The highest BCUT2D eigenvalue weighted by Crippen LogP contribution is 2.42. The Bertz CT molecular complexity index is 964. The zero-order valence-corrected chi connectivity index (χ0v) is 15.8. The van der Waals surface area contributed by atoms with E-state index in [0.29, 0.717) is 40.1 Å². The van der Waals surface area contributed by atoms with Gasteiger partial charge in [-0.25, -0.2) is 4.98 Å². The number of benzene rings is 1. The number of carbonyl (C=O) groups excluding carboxylic acids is 1. The summed E-state index contributed by atoms with van der Waals surface area (Å²) in [5.41, 5.74) is 0.798. The number of fused-ring (bicyclic) bond motifs is 1. The molecule has 140 valence electrons. The van der Waals surface area contributed by atoms with Crippen molar-refractivity contribution in [3.63, 3.8) is 0 Å². The number of anilines is 1. The zero-order chi connectivity index (χ0) is 19.4. The normalized spacial score (nSPS) is 15.4. The molecule has 7 nitrogen and oxygen atoms in total. The average molecular weight is 385 g/mol. The number of nitrogens with one attached hydrogen (secondary N) is 2. The van der Waals surface area contributed by atoms with E-state index < -0.39 is 5.92 Å². The molecular formula is C19H19N3O4S. The average Bonchev–Trinajstić information content (AvgIpc) is 2.65. The quantitative estimate of drug-likeness (QED) is 0.451. The molecule has 1 aliphatic heterocycles. The zero-order valence-electron chi connectivity index (χ0n) is 15.0. The number of thioether (sulfide) groups is 1. The molecule has 1 aliphatic rings. The number of H-pyrrole nitrogens is 1. The summed E-state index contributed by atoms with van der Waals surface area (Å²) in [6.45, 7) is 2.29. The highest BCUT2D eigenvalue weighted by atomic mass is 32.2. The van der Waals surface area contributed by atoms with Crippen LogP contribution in [0.25, 0.3) is 0 Å². The van der Waals surface area contributed by atoms with E-state index in [9.17, 15) is 9.59 Å². The maximum atomic E-state index is 12.8. The van der Waals surface area contributed by atoms with Gasteiger partial charge in [0.25, 0.3) is 5.56 Å². The molecule has 0 aliphatic carbocycles. The van der Waals surface area contributed by atoms with E-state index in [1.807, 2.05) is 19.1 Å². The number of aromatic nitrogens is 2. The first-order valence-electron chi connectivity index (χ1n) is 8.39. The van der Waals surface area contributed by atoms with Crippen molar-refractivity contribution in [1.29, 1.82) is 0 Å². The Hall–Kier alpha value is -2.92. The molecule has 0 spiro atoms. The molecule has 2 heterocycles. The van der Waals surface area contributed by atoms with Gasteiger partial charge in [0.1, 0.15) is 5.82 Å². The summed E-state index contributed by atoms with van der Waals surface area (Å²) in [5.74, 6) is 3.46. The van der Waals surface area contributed by atoms with E-state index in [0.717, 1.165) is 0 Å². The number of nitrogens with zero attached hydrogens (tertiary/aromatic N) is 1. The Kier molecular flexibility index (Phi) is 5.72. The second-order valence-electron chi connectivity index (χ2n) is 5.74. The van der Waals surface area contributed by atoms with Crippen LogP contribution in [0.15, 0.2) is 28.2 Å². The van der Waals surface area contributed by atoms with E-state index in [4.69, 9.17) is 15.9 Å². The van der Waals surface area contributed by atoms with Gasteiger partial charge >= 0.3 is 0 Å². The molecule has 0 saturated heterocycles. The Morgan fingerprint density at radius 2 is 2.22 bits per heavy atom. The summed E-state index contributed by atoms with van der Waals surface area (Å²) in [4.78, 5) is 32.2. The van der Waals surface area contributed by atoms with Gasteiger partial charge in [0.15, 0.2) is 16.7 Å². The van der Waals surface area contributed by atoms with Gasteiger partial charge in [0.2, 0.25) is 5.91 Å². The first-order chi connectivity index (χ1) is 13.1. The number of carbonyl (C=O) groups is 1. The van der Waals surface area contributed by atoms with Crippen molar-refractivity contribution in [3.8, 4) is 23.8 Å². The van der Waals surface area contributed by atoms with E-state index >= 15 is 0 Å². The Labute approximate surface area is 160 Å². The smallest absolute Gasteiger partial charge is 0.257 e. The second-order valence-corrected chi connectivity index (χ2v) is 6.71. The van der Waals surface area contributed by atoms with Crippen LogP contribution in [0.2, 0.25) is 0 Å². The Balaban J connectivity index is 2.14. The molecule has 3 rings (SSSR count). The number of hydrogen-bond acceptors (Lipinski definition) is 6. The third-order valence-electron chi connectivity index (χ3n) is 4.11. The van der Waals surface area contributed by atoms with Crippen LogP contribution >= 0.6 is 11.8 Å². The van der Waals surface area contributed by atoms with E-state index in [2.05, 4.69) is 21.2 Å². The topological polar surface area (TPSA) is 93.3 Å². The van der Waals surface area contributed by atoms with Gasteiger partial charge in [-0.2, -0.15) is 0 Å². The van der Waals surface area contributed by atoms with Gasteiger partial charge < -0.3 is 19.8 Å². The summed E-state index contributed by atoms with van der Waals surface area (Å²) < 4.78 is 11.2. The van der Waals surface area contributed by atoms with Gasteiger partial charge in [-0.05, 0) is 13.0 Å². The van der Waals surface area contributed by atoms with Gasteiger partial charge in [-0.15, -0.1) is 6.42 Å². The molecule has 0 unspecified atom stereocenters. The molecule has 0 radical (unpaired) electrons. The number of amides is 1. The second kappa shape index (κ2) is 8.18. The van der Waals surface area contributed by atoms with Gasteiger partial charge in [-0.3, -0.25) is 9.59 Å². The highest BCUT2D eigenvalue weighted by Gasteiger charge is 2.33. The van der Waals surface area contributed by atoms with Crippen LogP contribution in [0.5, 0.6) is 11.5 Å². The van der Waals surface area contributed by atoms with Crippen LogP contribution < -0.4 is 20.3 Å². The van der Waals surface area contributed by atoms with Gasteiger partial charge in [0, 0.05) is 17.9 Å². The fourth-order valence-electron chi connectivity index (χ4n) is 3.06. The lowest BCUT2D eigenvalue weighted by atomic mass is 9.86. The summed E-state index contributed by atoms with van der Waals surface area (Å²) >= 11 is 1.22. The Morgan fingerprint density at radius 3 is 2.93 bits per heavy atom. The van der Waals surface area contributed by atoms with Crippen molar-refractivity contribution < 1.29 is 14.3 Å². The SMILES string of the molecule is C#CCSc1nc2c(c(=O)[nH]1)[C@H](c1cccc(OC)c1OCC)CC(=O)N2. The lowest BCUT2D eigenvalue weighted by molar-refractivity contribution is -0.116. The van der Waals surface area contributed by atoms with Crippen molar-refractivity contribution >= 4 is 23.5 Å². The maximum absolute atomic E-state index is 12.8. The fraction of sp³-hybridized carbons (Fsp3) is 0.316.